The first-order valence-electron chi connectivity index (χ1n) is 24.7. The number of hydrogen-bond donors (Lipinski definition) is 3. The van der Waals surface area contributed by atoms with Gasteiger partial charge in [0.15, 0.2) is 0 Å². The molecule has 0 aromatic rings. The quantitative estimate of drug-likeness (QED) is 0.0246. The lowest BCUT2D eigenvalue weighted by atomic mass is 10.0. The molecule has 0 spiro atoms. The van der Waals surface area contributed by atoms with Crippen LogP contribution in [0.15, 0.2) is 72.9 Å². The van der Waals surface area contributed by atoms with Crippen LogP contribution in [-0.4, -0.2) is 46.9 Å². The van der Waals surface area contributed by atoms with Gasteiger partial charge in [-0.1, -0.05) is 216 Å². The van der Waals surface area contributed by atoms with Gasteiger partial charge in [-0.05, 0) is 70.6 Å². The van der Waals surface area contributed by atoms with E-state index >= 15 is 0 Å². The first-order valence-corrected chi connectivity index (χ1v) is 24.7. The predicted molar refractivity (Wildman–Crippen MR) is 255 cm³/mol. The van der Waals surface area contributed by atoms with E-state index in [2.05, 4.69) is 74.7 Å². The van der Waals surface area contributed by atoms with Crippen molar-refractivity contribution in [3.8, 4) is 0 Å². The van der Waals surface area contributed by atoms with Crippen LogP contribution < -0.4 is 5.32 Å². The van der Waals surface area contributed by atoms with Gasteiger partial charge >= 0.3 is 5.97 Å². The Balaban J connectivity index is 4.64. The molecule has 0 aliphatic carbocycles. The smallest absolute Gasteiger partial charge is 0.306 e. The predicted octanol–water partition coefficient (Wildman–Crippen LogP) is 14.6. The number of nitrogens with one attached hydrogen (secondary N) is 1. The third-order valence-corrected chi connectivity index (χ3v) is 10.9. The van der Waals surface area contributed by atoms with Crippen molar-refractivity contribution in [1.82, 2.24) is 5.32 Å². The van der Waals surface area contributed by atoms with Gasteiger partial charge in [0.25, 0.3) is 0 Å². The molecule has 6 heteroatoms. The maximum atomic E-state index is 13.2. The van der Waals surface area contributed by atoms with Crippen LogP contribution in [0.2, 0.25) is 0 Å². The van der Waals surface area contributed by atoms with Crippen LogP contribution in [0.3, 0.4) is 0 Å². The van der Waals surface area contributed by atoms with E-state index < -0.39 is 18.2 Å². The average Bonchev–Trinajstić information content (AvgIpc) is 3.23. The molecule has 3 unspecified atom stereocenters. The molecule has 6 nitrogen and oxygen atoms in total. The highest BCUT2D eigenvalue weighted by Crippen LogP contribution is 2.17. The Hall–Kier alpha value is -2.70. The summed E-state index contributed by atoms with van der Waals surface area (Å²) < 4.78 is 5.91. The molecular formula is C53H93NO5. The van der Waals surface area contributed by atoms with Gasteiger partial charge in [-0.2, -0.15) is 0 Å². The van der Waals surface area contributed by atoms with E-state index in [1.54, 1.807) is 0 Å². The molecule has 0 saturated heterocycles. The average molecular weight is 824 g/mol. The largest absolute Gasteiger partial charge is 0.462 e. The second-order valence-corrected chi connectivity index (χ2v) is 16.6. The Kier molecular flexibility index (Phi) is 44.2. The van der Waals surface area contributed by atoms with E-state index in [0.717, 1.165) is 89.9 Å². The molecule has 0 saturated carbocycles. The number of hydrogen-bond acceptors (Lipinski definition) is 5. The minimum Gasteiger partial charge on any atom is -0.462 e. The summed E-state index contributed by atoms with van der Waals surface area (Å²) in [6.45, 7) is 6.35. The molecule has 3 N–H and O–H groups in total. The molecule has 0 aliphatic rings. The highest BCUT2D eigenvalue weighted by Gasteiger charge is 2.24. The summed E-state index contributed by atoms with van der Waals surface area (Å²) in [5.74, 6) is -0.515. The zero-order chi connectivity index (χ0) is 43.1. The number of carbonyl (C=O) groups excluding carboxylic acids is 2. The van der Waals surface area contributed by atoms with E-state index in [0.29, 0.717) is 19.3 Å². The number of aliphatic hydroxyl groups is 2. The first kappa shape index (κ1) is 56.3. The molecule has 0 aromatic carbocycles. The highest BCUT2D eigenvalue weighted by atomic mass is 16.5. The van der Waals surface area contributed by atoms with Gasteiger partial charge in [0, 0.05) is 6.42 Å². The van der Waals surface area contributed by atoms with Crippen molar-refractivity contribution in [1.29, 1.82) is 0 Å². The second-order valence-electron chi connectivity index (χ2n) is 16.6. The van der Waals surface area contributed by atoms with Crippen molar-refractivity contribution in [3.63, 3.8) is 0 Å². The molecule has 3 atom stereocenters. The van der Waals surface area contributed by atoms with E-state index in [4.69, 9.17) is 4.74 Å². The minimum absolute atomic E-state index is 0.0583. The van der Waals surface area contributed by atoms with Gasteiger partial charge in [0.1, 0.15) is 6.10 Å². The van der Waals surface area contributed by atoms with E-state index in [-0.39, 0.29) is 24.9 Å². The van der Waals surface area contributed by atoms with Gasteiger partial charge in [0.2, 0.25) is 5.91 Å². The molecule has 0 aromatic heterocycles. The Labute approximate surface area is 364 Å². The van der Waals surface area contributed by atoms with Crippen LogP contribution in [-0.2, 0) is 14.3 Å². The number of ether oxygens (including phenoxy) is 1. The van der Waals surface area contributed by atoms with Gasteiger partial charge in [-0.15, -0.1) is 0 Å². The summed E-state index contributed by atoms with van der Waals surface area (Å²) >= 11 is 0. The number of amides is 1. The molecule has 0 radical (unpaired) electrons. The summed E-state index contributed by atoms with van der Waals surface area (Å²) in [7, 11) is 0. The lowest BCUT2D eigenvalue weighted by Gasteiger charge is -2.24. The summed E-state index contributed by atoms with van der Waals surface area (Å²) in [5, 5.41) is 23.6. The molecule has 0 bridgehead atoms. The lowest BCUT2D eigenvalue weighted by molar-refractivity contribution is -0.151. The normalized spacial score (nSPS) is 13.9. The van der Waals surface area contributed by atoms with E-state index in [1.807, 2.05) is 24.3 Å². The minimum atomic E-state index is -0.795. The third-order valence-electron chi connectivity index (χ3n) is 10.9. The number of unbranched alkanes of at least 4 members (excludes halogenated alkanes) is 23. The second kappa shape index (κ2) is 46.4. The molecule has 0 heterocycles. The summed E-state index contributed by atoms with van der Waals surface area (Å²) in [6.07, 6.45) is 58.1. The molecule has 1 amide bonds. The van der Waals surface area contributed by atoms with Crippen molar-refractivity contribution >= 4 is 11.9 Å². The van der Waals surface area contributed by atoms with Crippen molar-refractivity contribution < 1.29 is 24.5 Å². The monoisotopic (exact) mass is 824 g/mol. The van der Waals surface area contributed by atoms with Gasteiger partial charge in [0.05, 0.1) is 25.2 Å². The Morgan fingerprint density at radius 2 is 0.915 bits per heavy atom. The fraction of sp³-hybridized carbons (Fsp3) is 0.736. The molecule has 0 rings (SSSR count). The fourth-order valence-electron chi connectivity index (χ4n) is 7.10. The lowest BCUT2D eigenvalue weighted by Crippen LogP contribution is -2.46. The summed E-state index contributed by atoms with van der Waals surface area (Å²) in [6, 6.07) is -0.710. The SMILES string of the molecule is CCC/C=C/C=C/C=C/C=C/C=C/CCCCCCCC(=O)OC(CCCCCCC/C=C\CCCCCC)CC(=O)NC(CO)C(O)CCCCCCCCCCC. The Morgan fingerprint density at radius 3 is 1.44 bits per heavy atom. The molecule has 0 aliphatic heterocycles. The van der Waals surface area contributed by atoms with Crippen LogP contribution in [0.1, 0.15) is 226 Å². The van der Waals surface area contributed by atoms with Crippen molar-refractivity contribution in [2.45, 2.75) is 244 Å². The molecular weight excluding hydrogens is 731 g/mol. The van der Waals surface area contributed by atoms with E-state index in [1.165, 1.54) is 89.9 Å². The Bertz CT molecular complexity index is 1110. The third kappa shape index (κ3) is 41.8. The topological polar surface area (TPSA) is 95.9 Å². The van der Waals surface area contributed by atoms with Gasteiger partial charge in [-0.3, -0.25) is 9.59 Å². The number of esters is 1. The zero-order valence-corrected chi connectivity index (χ0v) is 38.6. The van der Waals surface area contributed by atoms with Gasteiger partial charge in [-0.25, -0.2) is 0 Å². The fourth-order valence-corrected chi connectivity index (χ4v) is 7.10. The van der Waals surface area contributed by atoms with Crippen LogP contribution in [0, 0.1) is 0 Å². The van der Waals surface area contributed by atoms with Crippen LogP contribution in [0.5, 0.6) is 0 Å². The molecule has 0 fully saturated rings. The van der Waals surface area contributed by atoms with E-state index in [9.17, 15) is 19.8 Å². The van der Waals surface area contributed by atoms with Crippen LogP contribution in [0.25, 0.3) is 0 Å². The highest BCUT2D eigenvalue weighted by molar-refractivity contribution is 5.77. The zero-order valence-electron chi connectivity index (χ0n) is 38.6. The summed E-state index contributed by atoms with van der Waals surface area (Å²) in [5.41, 5.74) is 0. The maximum Gasteiger partial charge on any atom is 0.306 e. The van der Waals surface area contributed by atoms with Gasteiger partial charge < -0.3 is 20.3 Å². The standard InChI is InChI=1S/C53H93NO5/c1-4-7-10-13-16-19-21-23-24-25-26-27-29-31-34-37-40-43-46-53(58)59-49(44-41-38-35-33-30-28-22-20-17-14-11-8-5-2)47-52(57)54-50(48-55)51(56)45-42-39-36-32-18-15-12-9-6-3/h10,13,16,19-27,49-51,55-56H,4-9,11-12,14-15,17-18,28-48H2,1-3H3,(H,54,57)/b13-10+,19-16+,22-20-,23-21+,25-24+,27-26+. The Morgan fingerprint density at radius 1 is 0.492 bits per heavy atom. The molecule has 340 valence electrons. The van der Waals surface area contributed by atoms with Crippen LogP contribution >= 0.6 is 0 Å². The number of rotatable bonds is 43. The number of carbonyl (C=O) groups is 2. The number of aliphatic hydroxyl groups excluding tert-OH is 2. The first-order chi connectivity index (χ1) is 29.0. The summed E-state index contributed by atoms with van der Waals surface area (Å²) in [4.78, 5) is 26.1. The number of allylic oxidation sites excluding steroid dienone is 12. The maximum absolute atomic E-state index is 13.2. The van der Waals surface area contributed by atoms with Crippen molar-refractivity contribution in [2.75, 3.05) is 6.61 Å². The van der Waals surface area contributed by atoms with Crippen molar-refractivity contribution in [2.24, 2.45) is 0 Å². The van der Waals surface area contributed by atoms with Crippen molar-refractivity contribution in [3.05, 3.63) is 72.9 Å². The molecule has 59 heavy (non-hydrogen) atoms. The van der Waals surface area contributed by atoms with Crippen LogP contribution in [0.4, 0.5) is 0 Å².